The number of hydrogen-bond acceptors (Lipinski definition) is 3. The van der Waals surface area contributed by atoms with Crippen LogP contribution >= 0.6 is 11.6 Å². The zero-order valence-corrected chi connectivity index (χ0v) is 12.7. The Labute approximate surface area is 119 Å². The van der Waals surface area contributed by atoms with E-state index in [9.17, 15) is 8.42 Å². The minimum absolute atomic E-state index is 0.0235. The smallest absolute Gasteiger partial charge is 0.241 e. The quantitative estimate of drug-likeness (QED) is 0.897. The SMILES string of the molecule is Cc1ccc(Cl)cc1S(=O)(=O)NC1CCNCC1C. The molecule has 0 radical (unpaired) electrons. The van der Waals surface area contributed by atoms with Gasteiger partial charge in [0.15, 0.2) is 0 Å². The van der Waals surface area contributed by atoms with E-state index in [1.807, 2.05) is 6.92 Å². The van der Waals surface area contributed by atoms with Crippen molar-refractivity contribution in [2.24, 2.45) is 5.92 Å². The summed E-state index contributed by atoms with van der Waals surface area (Å²) in [6, 6.07) is 4.90. The predicted octanol–water partition coefficient (Wildman–Crippen LogP) is 1.92. The van der Waals surface area contributed by atoms with Crippen LogP contribution in [0.5, 0.6) is 0 Å². The fourth-order valence-electron chi connectivity index (χ4n) is 2.32. The molecule has 0 spiro atoms. The van der Waals surface area contributed by atoms with Gasteiger partial charge >= 0.3 is 0 Å². The van der Waals surface area contributed by atoms with E-state index >= 15 is 0 Å². The maximum absolute atomic E-state index is 12.4. The number of aryl methyl sites for hydroxylation is 1. The highest BCUT2D eigenvalue weighted by atomic mass is 35.5. The van der Waals surface area contributed by atoms with Crippen LogP contribution < -0.4 is 10.0 Å². The molecular weight excluding hydrogens is 284 g/mol. The van der Waals surface area contributed by atoms with Gasteiger partial charge < -0.3 is 5.32 Å². The van der Waals surface area contributed by atoms with Crippen LogP contribution in [-0.2, 0) is 10.0 Å². The second-order valence-electron chi connectivity index (χ2n) is 5.11. The van der Waals surface area contributed by atoms with E-state index in [2.05, 4.69) is 10.0 Å². The van der Waals surface area contributed by atoms with Gasteiger partial charge in [0, 0.05) is 11.1 Å². The number of nitrogens with one attached hydrogen (secondary N) is 2. The number of halogens is 1. The zero-order chi connectivity index (χ0) is 14.0. The van der Waals surface area contributed by atoms with Gasteiger partial charge in [-0.1, -0.05) is 24.6 Å². The third kappa shape index (κ3) is 3.48. The van der Waals surface area contributed by atoms with Crippen LogP contribution in [0.4, 0.5) is 0 Å². The van der Waals surface area contributed by atoms with E-state index in [0.29, 0.717) is 10.6 Å². The number of sulfonamides is 1. The molecule has 0 saturated carbocycles. The lowest BCUT2D eigenvalue weighted by atomic mass is 9.97. The Kier molecular flexibility index (Phi) is 4.50. The molecule has 0 bridgehead atoms. The molecular formula is C13H19ClN2O2S. The molecule has 1 fully saturated rings. The Hall–Kier alpha value is -0.620. The summed E-state index contributed by atoms with van der Waals surface area (Å²) in [6.45, 7) is 5.49. The molecule has 1 aliphatic rings. The van der Waals surface area contributed by atoms with Crippen molar-refractivity contribution in [2.75, 3.05) is 13.1 Å². The first-order chi connectivity index (χ1) is 8.90. The summed E-state index contributed by atoms with van der Waals surface area (Å²) >= 11 is 5.89. The highest BCUT2D eigenvalue weighted by Gasteiger charge is 2.27. The monoisotopic (exact) mass is 302 g/mol. The van der Waals surface area contributed by atoms with Gasteiger partial charge in [0.1, 0.15) is 0 Å². The third-order valence-electron chi connectivity index (χ3n) is 3.53. The third-order valence-corrected chi connectivity index (χ3v) is 5.40. The van der Waals surface area contributed by atoms with Crippen molar-refractivity contribution in [1.29, 1.82) is 0 Å². The van der Waals surface area contributed by atoms with Crippen LogP contribution in [0.15, 0.2) is 23.1 Å². The van der Waals surface area contributed by atoms with Crippen molar-refractivity contribution in [3.8, 4) is 0 Å². The molecule has 1 aromatic rings. The molecule has 2 unspecified atom stereocenters. The van der Waals surface area contributed by atoms with Crippen molar-refractivity contribution in [3.63, 3.8) is 0 Å². The summed E-state index contributed by atoms with van der Waals surface area (Å²) in [5, 5.41) is 3.69. The average molecular weight is 303 g/mol. The first kappa shape index (κ1) is 14.8. The molecule has 2 rings (SSSR count). The first-order valence-corrected chi connectivity index (χ1v) is 8.25. The second kappa shape index (κ2) is 5.79. The van der Waals surface area contributed by atoms with Crippen LogP contribution in [-0.4, -0.2) is 27.5 Å². The van der Waals surface area contributed by atoms with Gasteiger partial charge in [-0.25, -0.2) is 13.1 Å². The summed E-state index contributed by atoms with van der Waals surface area (Å²) in [5.74, 6) is 0.281. The minimum Gasteiger partial charge on any atom is -0.316 e. The first-order valence-electron chi connectivity index (χ1n) is 6.39. The topological polar surface area (TPSA) is 58.2 Å². The Morgan fingerprint density at radius 1 is 1.42 bits per heavy atom. The van der Waals surface area contributed by atoms with Crippen molar-refractivity contribution >= 4 is 21.6 Å². The number of rotatable bonds is 3. The lowest BCUT2D eigenvalue weighted by molar-refractivity contribution is 0.328. The van der Waals surface area contributed by atoms with Crippen LogP contribution in [0, 0.1) is 12.8 Å². The van der Waals surface area contributed by atoms with Gasteiger partial charge in [-0.05, 0) is 50.0 Å². The molecule has 4 nitrogen and oxygen atoms in total. The predicted molar refractivity (Wildman–Crippen MR) is 76.9 cm³/mol. The number of benzene rings is 1. The van der Waals surface area contributed by atoms with Gasteiger partial charge in [-0.3, -0.25) is 0 Å². The fourth-order valence-corrected chi connectivity index (χ4v) is 4.20. The lowest BCUT2D eigenvalue weighted by Gasteiger charge is -2.30. The summed E-state index contributed by atoms with van der Waals surface area (Å²) in [6.07, 6.45) is 0.806. The molecule has 2 N–H and O–H groups in total. The average Bonchev–Trinajstić information content (AvgIpc) is 2.35. The van der Waals surface area contributed by atoms with Crippen LogP contribution in [0.25, 0.3) is 0 Å². The summed E-state index contributed by atoms with van der Waals surface area (Å²) in [4.78, 5) is 0.269. The molecule has 19 heavy (non-hydrogen) atoms. The molecule has 1 heterocycles. The fraction of sp³-hybridized carbons (Fsp3) is 0.538. The largest absolute Gasteiger partial charge is 0.316 e. The van der Waals surface area contributed by atoms with Crippen LogP contribution in [0.3, 0.4) is 0 Å². The lowest BCUT2D eigenvalue weighted by Crippen LogP contribution is -2.48. The number of piperidine rings is 1. The Morgan fingerprint density at radius 3 is 2.84 bits per heavy atom. The van der Waals surface area contributed by atoms with Crippen molar-refractivity contribution in [2.45, 2.75) is 31.2 Å². The van der Waals surface area contributed by atoms with Gasteiger partial charge in [-0.15, -0.1) is 0 Å². The number of hydrogen-bond donors (Lipinski definition) is 2. The van der Waals surface area contributed by atoms with E-state index in [-0.39, 0.29) is 16.9 Å². The highest BCUT2D eigenvalue weighted by Crippen LogP contribution is 2.22. The van der Waals surface area contributed by atoms with Crippen LogP contribution in [0.2, 0.25) is 5.02 Å². The molecule has 0 aliphatic carbocycles. The van der Waals surface area contributed by atoms with Crippen LogP contribution in [0.1, 0.15) is 18.9 Å². The maximum atomic E-state index is 12.4. The molecule has 0 amide bonds. The molecule has 0 aromatic heterocycles. The summed E-state index contributed by atoms with van der Waals surface area (Å²) in [5.41, 5.74) is 0.707. The van der Waals surface area contributed by atoms with E-state index in [4.69, 9.17) is 11.6 Å². The second-order valence-corrected chi connectivity index (χ2v) is 7.23. The summed E-state index contributed by atoms with van der Waals surface area (Å²) in [7, 11) is -3.51. The standard InChI is InChI=1S/C13H19ClN2O2S/c1-9-3-4-11(14)7-13(9)19(17,18)16-12-5-6-15-8-10(12)2/h3-4,7,10,12,15-16H,5-6,8H2,1-2H3. The van der Waals surface area contributed by atoms with E-state index in [0.717, 1.165) is 19.5 Å². The molecule has 1 aliphatic heterocycles. The van der Waals surface area contributed by atoms with Crippen molar-refractivity contribution in [1.82, 2.24) is 10.0 Å². The maximum Gasteiger partial charge on any atom is 0.241 e. The van der Waals surface area contributed by atoms with Crippen molar-refractivity contribution < 1.29 is 8.42 Å². The van der Waals surface area contributed by atoms with Gasteiger partial charge in [0.05, 0.1) is 4.90 Å². The summed E-state index contributed by atoms with van der Waals surface area (Å²) < 4.78 is 27.7. The highest BCUT2D eigenvalue weighted by molar-refractivity contribution is 7.89. The van der Waals surface area contributed by atoms with Gasteiger partial charge in [0.2, 0.25) is 10.0 Å². The van der Waals surface area contributed by atoms with E-state index < -0.39 is 10.0 Å². The molecule has 6 heteroatoms. The van der Waals surface area contributed by atoms with E-state index in [1.165, 1.54) is 6.07 Å². The molecule has 2 atom stereocenters. The molecule has 1 aromatic carbocycles. The zero-order valence-electron chi connectivity index (χ0n) is 11.1. The Balaban J connectivity index is 2.24. The molecule has 106 valence electrons. The van der Waals surface area contributed by atoms with E-state index in [1.54, 1.807) is 19.1 Å². The normalized spacial score (nSPS) is 24.4. The molecule has 1 saturated heterocycles. The van der Waals surface area contributed by atoms with Gasteiger partial charge in [0.25, 0.3) is 0 Å². The van der Waals surface area contributed by atoms with Gasteiger partial charge in [-0.2, -0.15) is 0 Å². The Morgan fingerprint density at radius 2 is 2.16 bits per heavy atom. The minimum atomic E-state index is -3.51. The Bertz CT molecular complexity index is 560. The van der Waals surface area contributed by atoms with Crippen molar-refractivity contribution in [3.05, 3.63) is 28.8 Å².